The molecule has 1 saturated carbocycles. The fourth-order valence-electron chi connectivity index (χ4n) is 3.81. The van der Waals surface area contributed by atoms with Crippen LogP contribution in [0.5, 0.6) is 0 Å². The van der Waals surface area contributed by atoms with Crippen LogP contribution in [0.25, 0.3) is 0 Å². The minimum atomic E-state index is 0.00142. The van der Waals surface area contributed by atoms with Crippen LogP contribution >= 0.6 is 0 Å². The van der Waals surface area contributed by atoms with Crippen molar-refractivity contribution >= 4 is 0 Å². The number of hydrogen-bond donors (Lipinski definition) is 1. The fraction of sp³-hybridized carbons (Fsp3) is 0.684. The van der Waals surface area contributed by atoms with Crippen molar-refractivity contribution in [1.82, 2.24) is 5.32 Å². The van der Waals surface area contributed by atoms with Crippen LogP contribution < -0.4 is 5.32 Å². The summed E-state index contributed by atoms with van der Waals surface area (Å²) in [7, 11) is 3.99. The first-order chi connectivity index (χ1) is 10.1. The Hall–Kier alpha value is -0.860. The Balaban J connectivity index is 2.22. The summed E-state index contributed by atoms with van der Waals surface area (Å²) in [4.78, 5) is 0. The maximum absolute atomic E-state index is 6.09. The van der Waals surface area contributed by atoms with Crippen LogP contribution in [0.2, 0.25) is 0 Å². The van der Waals surface area contributed by atoms with Crippen molar-refractivity contribution in [2.24, 2.45) is 0 Å². The highest BCUT2D eigenvalue weighted by Crippen LogP contribution is 2.34. The number of rotatable bonds is 5. The van der Waals surface area contributed by atoms with Gasteiger partial charge in [0.15, 0.2) is 0 Å². The summed E-state index contributed by atoms with van der Waals surface area (Å²) in [6.07, 6.45) is 8.70. The summed E-state index contributed by atoms with van der Waals surface area (Å²) in [5.41, 5.74) is 4.19. The van der Waals surface area contributed by atoms with Gasteiger partial charge in [0.1, 0.15) is 0 Å². The molecule has 0 aromatic heterocycles. The molecule has 0 aliphatic heterocycles. The minimum Gasteiger partial charge on any atom is -0.377 e. The molecule has 1 atom stereocenters. The van der Waals surface area contributed by atoms with Gasteiger partial charge >= 0.3 is 0 Å². The summed E-state index contributed by atoms with van der Waals surface area (Å²) < 4.78 is 6.09. The molecule has 0 saturated heterocycles. The second-order valence-electron chi connectivity index (χ2n) is 6.66. The van der Waals surface area contributed by atoms with E-state index in [9.17, 15) is 0 Å². The highest BCUT2D eigenvalue weighted by molar-refractivity contribution is 5.31. The molecule has 0 radical (unpaired) electrons. The molecule has 0 heterocycles. The van der Waals surface area contributed by atoms with E-state index < -0.39 is 0 Å². The van der Waals surface area contributed by atoms with Gasteiger partial charge in [0.25, 0.3) is 0 Å². The summed E-state index contributed by atoms with van der Waals surface area (Å²) in [5.74, 6) is 0. The van der Waals surface area contributed by atoms with Gasteiger partial charge in [-0.25, -0.2) is 0 Å². The zero-order valence-electron chi connectivity index (χ0n) is 14.2. The molecule has 0 amide bonds. The zero-order valence-corrected chi connectivity index (χ0v) is 14.2. The van der Waals surface area contributed by atoms with Gasteiger partial charge in [-0.3, -0.25) is 0 Å². The Morgan fingerprint density at radius 3 is 2.38 bits per heavy atom. The topological polar surface area (TPSA) is 21.3 Å². The van der Waals surface area contributed by atoms with Gasteiger partial charge in [0.2, 0.25) is 0 Å². The molecule has 1 aromatic carbocycles. The van der Waals surface area contributed by atoms with E-state index in [2.05, 4.69) is 44.4 Å². The third kappa shape index (κ3) is 3.87. The summed E-state index contributed by atoms with van der Waals surface area (Å²) in [6, 6.07) is 7.16. The number of likely N-dealkylation sites (N-methyl/N-ethyl adjacent to an activating group) is 1. The molecule has 118 valence electrons. The van der Waals surface area contributed by atoms with E-state index >= 15 is 0 Å². The quantitative estimate of drug-likeness (QED) is 0.821. The third-order valence-electron chi connectivity index (χ3n) is 5.27. The monoisotopic (exact) mass is 289 g/mol. The highest BCUT2D eigenvalue weighted by Gasteiger charge is 2.38. The molecule has 1 aliphatic rings. The first kappa shape index (κ1) is 16.5. The van der Waals surface area contributed by atoms with Crippen molar-refractivity contribution in [2.75, 3.05) is 14.2 Å². The predicted octanol–water partition coefficient (Wildman–Crippen LogP) is 4.17. The molecule has 2 nitrogen and oxygen atoms in total. The van der Waals surface area contributed by atoms with Gasteiger partial charge in [0, 0.05) is 13.2 Å². The van der Waals surface area contributed by atoms with Gasteiger partial charge in [-0.05, 0) is 51.3 Å². The highest BCUT2D eigenvalue weighted by atomic mass is 16.5. The normalized spacial score (nSPS) is 20.0. The summed E-state index contributed by atoms with van der Waals surface area (Å²) in [6.45, 7) is 4.39. The fourth-order valence-corrected chi connectivity index (χ4v) is 3.81. The smallest absolute Gasteiger partial charge is 0.0834 e. The van der Waals surface area contributed by atoms with E-state index in [1.54, 1.807) is 0 Å². The van der Waals surface area contributed by atoms with Crippen molar-refractivity contribution in [2.45, 2.75) is 70.4 Å². The number of methoxy groups -OCH3 is 1. The van der Waals surface area contributed by atoms with Crippen LogP contribution in [0.3, 0.4) is 0 Å². The van der Waals surface area contributed by atoms with Crippen molar-refractivity contribution < 1.29 is 4.74 Å². The number of hydrogen-bond acceptors (Lipinski definition) is 2. The lowest BCUT2D eigenvalue weighted by molar-refractivity contribution is -0.0509. The SMILES string of the molecule is CNC(Cc1cc(C)ccc1C)C1(OC)CCCCCC1. The molecule has 1 fully saturated rings. The molecule has 1 N–H and O–H groups in total. The lowest BCUT2D eigenvalue weighted by Gasteiger charge is -2.39. The van der Waals surface area contributed by atoms with E-state index in [4.69, 9.17) is 4.74 Å². The number of nitrogens with one attached hydrogen (secondary N) is 1. The van der Waals surface area contributed by atoms with Gasteiger partial charge < -0.3 is 10.1 Å². The van der Waals surface area contributed by atoms with E-state index in [0.29, 0.717) is 6.04 Å². The average molecular weight is 289 g/mol. The predicted molar refractivity (Wildman–Crippen MR) is 89.9 cm³/mol. The Bertz CT molecular complexity index is 447. The molecule has 21 heavy (non-hydrogen) atoms. The maximum Gasteiger partial charge on any atom is 0.0834 e. The van der Waals surface area contributed by atoms with E-state index in [1.807, 2.05) is 7.11 Å². The van der Waals surface area contributed by atoms with Gasteiger partial charge in [0.05, 0.1) is 5.60 Å². The van der Waals surface area contributed by atoms with Crippen LogP contribution in [-0.2, 0) is 11.2 Å². The molecule has 1 aliphatic carbocycles. The molecule has 1 aromatic rings. The second kappa shape index (κ2) is 7.42. The van der Waals surface area contributed by atoms with Crippen molar-refractivity contribution in [3.05, 3.63) is 34.9 Å². The van der Waals surface area contributed by atoms with Gasteiger partial charge in [-0.1, -0.05) is 49.4 Å². The minimum absolute atomic E-state index is 0.00142. The van der Waals surface area contributed by atoms with E-state index in [1.165, 1.54) is 55.2 Å². The zero-order chi connectivity index (χ0) is 15.3. The van der Waals surface area contributed by atoms with Crippen LogP contribution in [0, 0.1) is 13.8 Å². The lowest BCUT2D eigenvalue weighted by Crippen LogP contribution is -2.52. The molecular weight excluding hydrogens is 258 g/mol. The standard InChI is InChI=1S/C19H31NO/c1-15-9-10-16(2)17(13-15)14-18(20-3)19(21-4)11-7-5-6-8-12-19/h9-10,13,18,20H,5-8,11-12,14H2,1-4H3. The molecular formula is C19H31NO. The Morgan fingerprint density at radius 1 is 1.14 bits per heavy atom. The molecule has 1 unspecified atom stereocenters. The molecule has 0 bridgehead atoms. The molecule has 2 rings (SSSR count). The van der Waals surface area contributed by atoms with Crippen LogP contribution in [0.4, 0.5) is 0 Å². The largest absolute Gasteiger partial charge is 0.377 e. The van der Waals surface area contributed by atoms with Crippen molar-refractivity contribution in [3.63, 3.8) is 0 Å². The van der Waals surface area contributed by atoms with Crippen LogP contribution in [0.15, 0.2) is 18.2 Å². The Kier molecular flexibility index (Phi) is 5.83. The number of ether oxygens (including phenoxy) is 1. The third-order valence-corrected chi connectivity index (χ3v) is 5.27. The Labute approximate surface area is 130 Å². The van der Waals surface area contributed by atoms with E-state index in [0.717, 1.165) is 6.42 Å². The first-order valence-corrected chi connectivity index (χ1v) is 8.40. The van der Waals surface area contributed by atoms with E-state index in [-0.39, 0.29) is 5.60 Å². The number of benzene rings is 1. The number of aryl methyl sites for hydroxylation is 2. The summed E-state index contributed by atoms with van der Waals surface area (Å²) in [5, 5.41) is 3.56. The van der Waals surface area contributed by atoms with Gasteiger partial charge in [-0.15, -0.1) is 0 Å². The maximum atomic E-state index is 6.09. The Morgan fingerprint density at radius 2 is 1.81 bits per heavy atom. The van der Waals surface area contributed by atoms with Gasteiger partial charge in [-0.2, -0.15) is 0 Å². The van der Waals surface area contributed by atoms with Crippen LogP contribution in [-0.4, -0.2) is 25.8 Å². The molecule has 2 heteroatoms. The van der Waals surface area contributed by atoms with Crippen molar-refractivity contribution in [1.29, 1.82) is 0 Å². The average Bonchev–Trinajstić information content (AvgIpc) is 2.74. The summed E-state index contributed by atoms with van der Waals surface area (Å²) >= 11 is 0. The first-order valence-electron chi connectivity index (χ1n) is 8.40. The lowest BCUT2D eigenvalue weighted by atomic mass is 9.82. The van der Waals surface area contributed by atoms with Crippen molar-refractivity contribution in [3.8, 4) is 0 Å². The molecule has 0 spiro atoms. The van der Waals surface area contributed by atoms with Crippen LogP contribution in [0.1, 0.15) is 55.2 Å². The second-order valence-corrected chi connectivity index (χ2v) is 6.66.